The first-order valence-corrected chi connectivity index (χ1v) is 8.85. The van der Waals surface area contributed by atoms with E-state index in [1.54, 1.807) is 39.8 Å². The van der Waals surface area contributed by atoms with Crippen molar-refractivity contribution < 1.29 is 23.8 Å². The Morgan fingerprint density at radius 1 is 1.07 bits per heavy atom. The van der Waals surface area contributed by atoms with Crippen LogP contribution in [0.3, 0.4) is 0 Å². The van der Waals surface area contributed by atoms with Crippen LogP contribution < -0.4 is 10.1 Å². The summed E-state index contributed by atoms with van der Waals surface area (Å²) in [7, 11) is 2.76. The van der Waals surface area contributed by atoms with Crippen molar-refractivity contribution in [3.05, 3.63) is 23.4 Å². The van der Waals surface area contributed by atoms with Crippen LogP contribution in [-0.4, -0.2) is 51.8 Å². The van der Waals surface area contributed by atoms with E-state index in [0.29, 0.717) is 39.9 Å². The highest BCUT2D eigenvalue weighted by molar-refractivity contribution is 5.99. The van der Waals surface area contributed by atoms with Crippen molar-refractivity contribution in [2.75, 3.05) is 19.5 Å². The van der Waals surface area contributed by atoms with E-state index >= 15 is 0 Å². The highest BCUT2D eigenvalue weighted by Crippen LogP contribution is 2.31. The number of ether oxygens (including phenoxy) is 3. The molecule has 0 saturated carbocycles. The molecule has 29 heavy (non-hydrogen) atoms. The molecule has 1 amide bonds. The van der Waals surface area contributed by atoms with Crippen molar-refractivity contribution in [3.8, 4) is 17.4 Å². The first-order chi connectivity index (χ1) is 13.6. The van der Waals surface area contributed by atoms with Gasteiger partial charge in [-0.25, -0.2) is 19.6 Å². The molecule has 0 aliphatic rings. The monoisotopic (exact) mass is 401 g/mol. The molecule has 154 valence electrons. The molecule has 0 bridgehead atoms. The topological polar surface area (TPSA) is 131 Å². The first-order valence-electron chi connectivity index (χ1n) is 8.85. The Kier molecular flexibility index (Phi) is 5.19. The Labute approximate surface area is 167 Å². The maximum Gasteiger partial charge on any atom is 0.413 e. The smallest absolute Gasteiger partial charge is 0.413 e. The van der Waals surface area contributed by atoms with Crippen molar-refractivity contribution in [2.45, 2.75) is 33.3 Å². The minimum absolute atomic E-state index is 0.278. The average Bonchev–Trinajstić information content (AvgIpc) is 3.22. The number of benzene rings is 1. The summed E-state index contributed by atoms with van der Waals surface area (Å²) in [5, 5.41) is 2.61. The fraction of sp³-hybridized carbons (Fsp3) is 0.368. The van der Waals surface area contributed by atoms with E-state index in [1.165, 1.54) is 14.2 Å². The predicted octanol–water partition coefficient (Wildman–Crippen LogP) is 3.40. The summed E-state index contributed by atoms with van der Waals surface area (Å²) in [6.45, 7) is 7.10. The number of nitrogens with one attached hydrogen (secondary N) is 3. The summed E-state index contributed by atoms with van der Waals surface area (Å²) >= 11 is 0. The van der Waals surface area contributed by atoms with Gasteiger partial charge in [-0.05, 0) is 39.8 Å². The van der Waals surface area contributed by atoms with E-state index in [-0.39, 0.29) is 5.56 Å². The van der Waals surface area contributed by atoms with Gasteiger partial charge in [0.15, 0.2) is 23.2 Å². The average molecular weight is 401 g/mol. The van der Waals surface area contributed by atoms with Crippen LogP contribution in [0.1, 0.15) is 36.8 Å². The SMILES string of the molecule is COC(=O)c1ccc2nc(-c3nc(NC(=O)OC(C)(C)C)c(C)[nH]3)[nH]c2c1OC. The molecule has 0 spiro atoms. The van der Waals surface area contributed by atoms with E-state index in [0.717, 1.165) is 0 Å². The number of anilines is 1. The summed E-state index contributed by atoms with van der Waals surface area (Å²) in [6, 6.07) is 3.26. The molecule has 2 heterocycles. The van der Waals surface area contributed by atoms with Crippen LogP contribution in [-0.2, 0) is 9.47 Å². The molecule has 10 nitrogen and oxygen atoms in total. The van der Waals surface area contributed by atoms with Crippen LogP contribution in [0.4, 0.5) is 10.6 Å². The maximum atomic E-state index is 12.0. The third kappa shape index (κ3) is 4.15. The second-order valence-electron chi connectivity index (χ2n) is 7.30. The first kappa shape index (κ1) is 20.2. The summed E-state index contributed by atoms with van der Waals surface area (Å²) in [6.07, 6.45) is -0.604. The molecule has 2 aromatic heterocycles. The van der Waals surface area contributed by atoms with Gasteiger partial charge in [0.2, 0.25) is 0 Å². The van der Waals surface area contributed by atoms with Gasteiger partial charge in [0.25, 0.3) is 0 Å². The molecular formula is C19H23N5O5. The van der Waals surface area contributed by atoms with Crippen molar-refractivity contribution in [1.29, 1.82) is 0 Å². The number of fused-ring (bicyclic) bond motifs is 1. The molecule has 0 saturated heterocycles. The van der Waals surface area contributed by atoms with Crippen molar-refractivity contribution in [1.82, 2.24) is 19.9 Å². The summed E-state index contributed by atoms with van der Waals surface area (Å²) < 4.78 is 15.4. The van der Waals surface area contributed by atoms with Crippen molar-refractivity contribution >= 4 is 28.9 Å². The van der Waals surface area contributed by atoms with Gasteiger partial charge in [0.05, 0.1) is 25.4 Å². The number of aryl methyl sites for hydroxylation is 1. The molecule has 3 aromatic rings. The van der Waals surface area contributed by atoms with Gasteiger partial charge in [-0.15, -0.1) is 0 Å². The number of methoxy groups -OCH3 is 2. The number of carbonyl (C=O) groups is 2. The Hall–Kier alpha value is -3.56. The van der Waals surface area contributed by atoms with Crippen molar-refractivity contribution in [3.63, 3.8) is 0 Å². The van der Waals surface area contributed by atoms with Gasteiger partial charge in [0.1, 0.15) is 16.7 Å². The molecule has 0 aliphatic heterocycles. The molecule has 10 heteroatoms. The third-order valence-corrected chi connectivity index (χ3v) is 3.95. The fourth-order valence-electron chi connectivity index (χ4n) is 2.74. The Morgan fingerprint density at radius 3 is 2.38 bits per heavy atom. The molecule has 3 rings (SSSR count). The van der Waals surface area contributed by atoms with E-state index in [9.17, 15) is 9.59 Å². The van der Waals surface area contributed by atoms with E-state index < -0.39 is 17.7 Å². The molecule has 0 fully saturated rings. The number of carbonyl (C=O) groups excluding carboxylic acids is 2. The number of hydrogen-bond acceptors (Lipinski definition) is 7. The number of imidazole rings is 2. The van der Waals surface area contributed by atoms with Crippen molar-refractivity contribution in [2.24, 2.45) is 0 Å². The number of aromatic amines is 2. The predicted molar refractivity (Wildman–Crippen MR) is 106 cm³/mol. The number of hydrogen-bond donors (Lipinski definition) is 3. The standard InChI is InChI=1S/C19H23N5O5/c1-9-14(24-18(26)29-19(2,3)4)23-15(20-9)16-21-11-8-7-10(17(25)28-6)13(27-5)12(11)22-16/h7-8H,1-6H3,(H,20,23)(H,21,22)(H,24,26). The van der Waals surface area contributed by atoms with Crippen LogP contribution in [0.5, 0.6) is 5.75 Å². The summed E-state index contributed by atoms with van der Waals surface area (Å²) in [5.74, 6) is 0.963. The van der Waals surface area contributed by atoms with E-state index in [4.69, 9.17) is 14.2 Å². The minimum Gasteiger partial charge on any atom is -0.494 e. The maximum absolute atomic E-state index is 12.0. The lowest BCUT2D eigenvalue weighted by atomic mass is 10.1. The molecule has 0 atom stereocenters. The zero-order valence-corrected chi connectivity index (χ0v) is 17.1. The Morgan fingerprint density at radius 2 is 1.76 bits per heavy atom. The number of amides is 1. The third-order valence-electron chi connectivity index (χ3n) is 3.95. The van der Waals surface area contributed by atoms with Gasteiger partial charge in [-0.1, -0.05) is 0 Å². The zero-order valence-electron chi connectivity index (χ0n) is 17.1. The number of esters is 1. The molecule has 0 radical (unpaired) electrons. The van der Waals surface area contributed by atoms with Gasteiger partial charge in [-0.2, -0.15) is 0 Å². The summed E-state index contributed by atoms with van der Waals surface area (Å²) in [4.78, 5) is 39.0. The second-order valence-corrected chi connectivity index (χ2v) is 7.30. The highest BCUT2D eigenvalue weighted by atomic mass is 16.6. The van der Waals surface area contributed by atoms with Gasteiger partial charge < -0.3 is 24.2 Å². The van der Waals surface area contributed by atoms with Gasteiger partial charge >= 0.3 is 12.1 Å². The molecule has 0 aliphatic carbocycles. The Bertz CT molecular complexity index is 1080. The minimum atomic E-state index is -0.621. The number of H-pyrrole nitrogens is 2. The summed E-state index contributed by atoms with van der Waals surface area (Å²) in [5.41, 5.74) is 1.40. The quantitative estimate of drug-likeness (QED) is 0.571. The fourth-order valence-corrected chi connectivity index (χ4v) is 2.74. The largest absolute Gasteiger partial charge is 0.494 e. The molecule has 3 N–H and O–H groups in total. The lowest BCUT2D eigenvalue weighted by Crippen LogP contribution is -2.27. The van der Waals surface area contributed by atoms with Gasteiger partial charge in [0, 0.05) is 0 Å². The van der Waals surface area contributed by atoms with Crippen LogP contribution >= 0.6 is 0 Å². The number of rotatable bonds is 4. The normalized spacial score (nSPS) is 11.4. The lowest BCUT2D eigenvalue weighted by molar-refractivity contribution is 0.0595. The second kappa shape index (κ2) is 7.46. The number of nitrogens with zero attached hydrogens (tertiary/aromatic N) is 2. The van der Waals surface area contributed by atoms with Crippen LogP contribution in [0.25, 0.3) is 22.7 Å². The lowest BCUT2D eigenvalue weighted by Gasteiger charge is -2.19. The highest BCUT2D eigenvalue weighted by Gasteiger charge is 2.21. The van der Waals surface area contributed by atoms with E-state index in [1.807, 2.05) is 0 Å². The van der Waals surface area contributed by atoms with Crippen LogP contribution in [0.15, 0.2) is 12.1 Å². The van der Waals surface area contributed by atoms with Crippen LogP contribution in [0.2, 0.25) is 0 Å². The van der Waals surface area contributed by atoms with Crippen LogP contribution in [0, 0.1) is 6.92 Å². The molecule has 0 unspecified atom stereocenters. The Balaban J connectivity index is 1.95. The van der Waals surface area contributed by atoms with Gasteiger partial charge in [-0.3, -0.25) is 5.32 Å². The number of aromatic nitrogens is 4. The molecular weight excluding hydrogens is 378 g/mol. The molecule has 1 aromatic carbocycles. The van der Waals surface area contributed by atoms with E-state index in [2.05, 4.69) is 25.3 Å². The zero-order chi connectivity index (χ0) is 21.3.